The van der Waals surface area contributed by atoms with E-state index in [1.165, 1.54) is 24.9 Å². The summed E-state index contributed by atoms with van der Waals surface area (Å²) in [6.45, 7) is 6.85. The van der Waals surface area contributed by atoms with Crippen molar-refractivity contribution in [1.82, 2.24) is 4.90 Å². The summed E-state index contributed by atoms with van der Waals surface area (Å²) in [5.74, 6) is 0.829. The number of hydrogen-bond donors (Lipinski definition) is 0. The van der Waals surface area contributed by atoms with Gasteiger partial charge < -0.3 is 4.90 Å². The standard InChI is InChI=1S/C14H23N/c1-13(2)8-7-11-15(3)12-14-9-5-4-6-10-14/h4-6,9-10,13H,7-8,11-12H2,1-3H3. The van der Waals surface area contributed by atoms with E-state index in [0.717, 1.165) is 12.5 Å². The maximum absolute atomic E-state index is 2.40. The van der Waals surface area contributed by atoms with E-state index in [4.69, 9.17) is 0 Å². The SMILES string of the molecule is CC(C)CCCN(C)Cc1ccccc1. The van der Waals surface area contributed by atoms with Crippen LogP contribution in [0.3, 0.4) is 0 Å². The molecule has 1 heteroatoms. The maximum atomic E-state index is 2.40. The molecule has 0 amide bonds. The second-order valence-electron chi connectivity index (χ2n) is 4.76. The highest BCUT2D eigenvalue weighted by Crippen LogP contribution is 2.07. The molecule has 0 heterocycles. The largest absolute Gasteiger partial charge is 0.302 e. The Bertz CT molecular complexity index is 253. The Labute approximate surface area is 94.1 Å². The molecule has 1 nitrogen and oxygen atoms in total. The molecule has 0 aromatic heterocycles. The Morgan fingerprint density at radius 2 is 1.80 bits per heavy atom. The van der Waals surface area contributed by atoms with Crippen LogP contribution >= 0.6 is 0 Å². The number of rotatable bonds is 6. The average molecular weight is 205 g/mol. The lowest BCUT2D eigenvalue weighted by Crippen LogP contribution is -2.19. The van der Waals surface area contributed by atoms with Gasteiger partial charge in [-0.1, -0.05) is 44.2 Å². The summed E-state index contributed by atoms with van der Waals surface area (Å²) in [5.41, 5.74) is 1.41. The molecular weight excluding hydrogens is 182 g/mol. The Morgan fingerprint density at radius 3 is 2.40 bits per heavy atom. The van der Waals surface area contributed by atoms with Crippen LogP contribution in [-0.4, -0.2) is 18.5 Å². The van der Waals surface area contributed by atoms with Gasteiger partial charge in [-0.25, -0.2) is 0 Å². The fourth-order valence-electron chi connectivity index (χ4n) is 1.74. The van der Waals surface area contributed by atoms with Gasteiger partial charge in [-0.05, 0) is 37.9 Å². The fraction of sp³-hybridized carbons (Fsp3) is 0.571. The molecule has 0 aliphatic heterocycles. The highest BCUT2D eigenvalue weighted by Gasteiger charge is 2.00. The molecule has 0 radical (unpaired) electrons. The van der Waals surface area contributed by atoms with E-state index < -0.39 is 0 Å². The molecule has 1 aromatic carbocycles. The first-order chi connectivity index (χ1) is 7.18. The van der Waals surface area contributed by atoms with Gasteiger partial charge in [-0.3, -0.25) is 0 Å². The molecule has 0 N–H and O–H groups in total. The second kappa shape index (κ2) is 6.62. The minimum Gasteiger partial charge on any atom is -0.302 e. The molecule has 1 rings (SSSR count). The summed E-state index contributed by atoms with van der Waals surface area (Å²) in [7, 11) is 2.20. The molecule has 0 unspecified atom stereocenters. The predicted molar refractivity (Wildman–Crippen MR) is 66.8 cm³/mol. The quantitative estimate of drug-likeness (QED) is 0.686. The fourth-order valence-corrected chi connectivity index (χ4v) is 1.74. The van der Waals surface area contributed by atoms with Gasteiger partial charge in [0.2, 0.25) is 0 Å². The van der Waals surface area contributed by atoms with Gasteiger partial charge in [0.25, 0.3) is 0 Å². The second-order valence-corrected chi connectivity index (χ2v) is 4.76. The summed E-state index contributed by atoms with van der Waals surface area (Å²) >= 11 is 0. The minimum absolute atomic E-state index is 0.829. The molecule has 0 atom stereocenters. The van der Waals surface area contributed by atoms with Crippen LogP contribution in [0.5, 0.6) is 0 Å². The summed E-state index contributed by atoms with van der Waals surface area (Å²) in [6.07, 6.45) is 2.64. The zero-order valence-corrected chi connectivity index (χ0v) is 10.2. The zero-order chi connectivity index (χ0) is 11.1. The van der Waals surface area contributed by atoms with Crippen molar-refractivity contribution in [3.05, 3.63) is 35.9 Å². The number of nitrogens with zero attached hydrogens (tertiary/aromatic N) is 1. The molecule has 15 heavy (non-hydrogen) atoms. The summed E-state index contributed by atoms with van der Waals surface area (Å²) in [5, 5.41) is 0. The van der Waals surface area contributed by atoms with Crippen molar-refractivity contribution in [2.45, 2.75) is 33.2 Å². The van der Waals surface area contributed by atoms with Crippen LogP contribution in [0.1, 0.15) is 32.3 Å². The Kier molecular flexibility index (Phi) is 5.41. The van der Waals surface area contributed by atoms with E-state index in [1.807, 2.05) is 0 Å². The molecular formula is C14H23N. The van der Waals surface area contributed by atoms with Crippen LogP contribution in [-0.2, 0) is 6.54 Å². The molecule has 0 fully saturated rings. The smallest absolute Gasteiger partial charge is 0.0230 e. The third-order valence-corrected chi connectivity index (χ3v) is 2.62. The maximum Gasteiger partial charge on any atom is 0.0230 e. The molecule has 1 aromatic rings. The lowest BCUT2D eigenvalue weighted by molar-refractivity contribution is 0.310. The molecule has 84 valence electrons. The van der Waals surface area contributed by atoms with Crippen LogP contribution < -0.4 is 0 Å². The predicted octanol–water partition coefficient (Wildman–Crippen LogP) is 3.55. The van der Waals surface area contributed by atoms with E-state index >= 15 is 0 Å². The van der Waals surface area contributed by atoms with Crippen molar-refractivity contribution in [1.29, 1.82) is 0 Å². The van der Waals surface area contributed by atoms with Crippen LogP contribution in [0, 0.1) is 5.92 Å². The lowest BCUT2D eigenvalue weighted by Gasteiger charge is -2.17. The third-order valence-electron chi connectivity index (χ3n) is 2.62. The van der Waals surface area contributed by atoms with Crippen LogP contribution in [0.4, 0.5) is 0 Å². The van der Waals surface area contributed by atoms with E-state index in [9.17, 15) is 0 Å². The first-order valence-corrected chi connectivity index (χ1v) is 5.91. The van der Waals surface area contributed by atoms with Gasteiger partial charge in [-0.2, -0.15) is 0 Å². The third kappa shape index (κ3) is 5.58. The van der Waals surface area contributed by atoms with E-state index in [2.05, 4.69) is 56.1 Å². The van der Waals surface area contributed by atoms with Gasteiger partial charge in [-0.15, -0.1) is 0 Å². The van der Waals surface area contributed by atoms with Crippen LogP contribution in [0.15, 0.2) is 30.3 Å². The Balaban J connectivity index is 2.21. The van der Waals surface area contributed by atoms with Crippen LogP contribution in [0.25, 0.3) is 0 Å². The van der Waals surface area contributed by atoms with Gasteiger partial charge in [0.05, 0.1) is 0 Å². The van der Waals surface area contributed by atoms with Gasteiger partial charge >= 0.3 is 0 Å². The first-order valence-electron chi connectivity index (χ1n) is 5.91. The minimum atomic E-state index is 0.829. The van der Waals surface area contributed by atoms with Crippen molar-refractivity contribution in [2.75, 3.05) is 13.6 Å². The number of hydrogen-bond acceptors (Lipinski definition) is 1. The molecule has 0 spiro atoms. The number of benzene rings is 1. The molecule has 0 aliphatic carbocycles. The topological polar surface area (TPSA) is 3.24 Å². The van der Waals surface area contributed by atoms with Crippen molar-refractivity contribution < 1.29 is 0 Å². The highest BCUT2D eigenvalue weighted by atomic mass is 15.1. The van der Waals surface area contributed by atoms with Crippen molar-refractivity contribution in [2.24, 2.45) is 5.92 Å². The molecule has 0 saturated carbocycles. The summed E-state index contributed by atoms with van der Waals surface area (Å²) < 4.78 is 0. The highest BCUT2D eigenvalue weighted by molar-refractivity contribution is 5.14. The molecule has 0 aliphatic rings. The van der Waals surface area contributed by atoms with Crippen LogP contribution in [0.2, 0.25) is 0 Å². The lowest BCUT2D eigenvalue weighted by atomic mass is 10.1. The molecule has 0 saturated heterocycles. The van der Waals surface area contributed by atoms with Crippen molar-refractivity contribution in [3.8, 4) is 0 Å². The average Bonchev–Trinajstić information content (AvgIpc) is 2.18. The Morgan fingerprint density at radius 1 is 1.13 bits per heavy atom. The van der Waals surface area contributed by atoms with Crippen molar-refractivity contribution in [3.63, 3.8) is 0 Å². The van der Waals surface area contributed by atoms with Gasteiger partial charge in [0.1, 0.15) is 0 Å². The normalized spacial score (nSPS) is 11.3. The summed E-state index contributed by atoms with van der Waals surface area (Å²) in [4.78, 5) is 2.40. The summed E-state index contributed by atoms with van der Waals surface area (Å²) in [6, 6.07) is 10.7. The van der Waals surface area contributed by atoms with E-state index in [-0.39, 0.29) is 0 Å². The van der Waals surface area contributed by atoms with Gasteiger partial charge in [0.15, 0.2) is 0 Å². The Hall–Kier alpha value is -0.820. The monoisotopic (exact) mass is 205 g/mol. The van der Waals surface area contributed by atoms with E-state index in [0.29, 0.717) is 0 Å². The van der Waals surface area contributed by atoms with Gasteiger partial charge in [0, 0.05) is 6.54 Å². The van der Waals surface area contributed by atoms with Crippen molar-refractivity contribution >= 4 is 0 Å². The van der Waals surface area contributed by atoms with E-state index in [1.54, 1.807) is 0 Å². The first kappa shape index (κ1) is 12.3. The molecule has 0 bridgehead atoms. The zero-order valence-electron chi connectivity index (χ0n) is 10.2.